The molecule has 1 aromatic heterocycles. The normalized spacial score (nSPS) is 23.2. The molecule has 2 aliphatic rings. The van der Waals surface area contributed by atoms with E-state index in [4.69, 9.17) is 0 Å². The Morgan fingerprint density at radius 2 is 2.00 bits per heavy atom. The average molecular weight is 356 g/mol. The Kier molecular flexibility index (Phi) is 4.19. The monoisotopic (exact) mass is 356 g/mol. The lowest BCUT2D eigenvalue weighted by Crippen LogP contribution is -2.56. The van der Waals surface area contributed by atoms with Crippen LogP contribution in [0.5, 0.6) is 0 Å². The number of piperidine rings is 1. The summed E-state index contributed by atoms with van der Waals surface area (Å²) in [6.45, 7) is 3.37. The van der Waals surface area contributed by atoms with Gasteiger partial charge < -0.3 is 19.5 Å². The molecule has 0 saturated carbocycles. The Balaban J connectivity index is 1.40. The van der Waals surface area contributed by atoms with Gasteiger partial charge in [-0.15, -0.1) is 0 Å². The highest BCUT2D eigenvalue weighted by Gasteiger charge is 2.55. The van der Waals surface area contributed by atoms with Crippen LogP contribution in [0.25, 0.3) is 11.0 Å². The molecule has 1 amide bonds. The van der Waals surface area contributed by atoms with Crippen LogP contribution in [0, 0.1) is 5.92 Å². The molecule has 1 aromatic carbocycles. The van der Waals surface area contributed by atoms with Crippen LogP contribution in [0.1, 0.15) is 19.3 Å². The van der Waals surface area contributed by atoms with E-state index in [1.54, 1.807) is 11.9 Å². The van der Waals surface area contributed by atoms with Gasteiger partial charge in [0.05, 0.1) is 28.8 Å². The predicted molar refractivity (Wildman–Crippen MR) is 96.7 cm³/mol. The number of carboxylic acids is 1. The van der Waals surface area contributed by atoms with Crippen molar-refractivity contribution < 1.29 is 14.7 Å². The second kappa shape index (κ2) is 6.39. The third-order valence-corrected chi connectivity index (χ3v) is 6.27. The lowest BCUT2D eigenvalue weighted by molar-refractivity contribution is -0.146. The van der Waals surface area contributed by atoms with E-state index in [0.717, 1.165) is 50.1 Å². The molecule has 7 heteroatoms. The highest BCUT2D eigenvalue weighted by molar-refractivity contribution is 5.88. The fourth-order valence-corrected chi connectivity index (χ4v) is 4.59. The number of aromatic nitrogens is 2. The van der Waals surface area contributed by atoms with Crippen molar-refractivity contribution in [2.24, 2.45) is 5.92 Å². The Hall–Kier alpha value is -2.41. The molecule has 2 aromatic rings. The van der Waals surface area contributed by atoms with E-state index in [2.05, 4.69) is 20.5 Å². The summed E-state index contributed by atoms with van der Waals surface area (Å²) in [6.07, 6.45) is 3.45. The molecule has 1 atom stereocenters. The molecule has 2 aliphatic heterocycles. The standard InChI is InChI=1S/C19H24N4O3/c1-21-17(24)12-14(18(25)26)19(21)6-8-22(9-7-19)10-11-23-13-20-15-4-2-3-5-16(15)23/h2-5,13-14H,6-12H2,1H3,(H,25,26)/t14-/m0/s1. The Morgan fingerprint density at radius 1 is 1.27 bits per heavy atom. The van der Waals surface area contributed by atoms with Crippen molar-refractivity contribution in [3.8, 4) is 0 Å². The second-order valence-corrected chi connectivity index (χ2v) is 7.42. The van der Waals surface area contributed by atoms with Crippen molar-refractivity contribution >= 4 is 22.9 Å². The van der Waals surface area contributed by atoms with Crippen LogP contribution in [0.4, 0.5) is 0 Å². The second-order valence-electron chi connectivity index (χ2n) is 7.42. The highest BCUT2D eigenvalue weighted by Crippen LogP contribution is 2.42. The molecular weight excluding hydrogens is 332 g/mol. The minimum Gasteiger partial charge on any atom is -0.481 e. The number of aliphatic carboxylic acids is 1. The summed E-state index contributed by atoms with van der Waals surface area (Å²) < 4.78 is 2.16. The molecule has 26 heavy (non-hydrogen) atoms. The molecule has 0 bridgehead atoms. The van der Waals surface area contributed by atoms with E-state index in [1.807, 2.05) is 24.5 Å². The summed E-state index contributed by atoms with van der Waals surface area (Å²) in [5.41, 5.74) is 1.62. The van der Waals surface area contributed by atoms with E-state index in [9.17, 15) is 14.7 Å². The first-order valence-corrected chi connectivity index (χ1v) is 9.13. The number of benzene rings is 1. The van der Waals surface area contributed by atoms with E-state index in [1.165, 1.54) is 0 Å². The van der Waals surface area contributed by atoms with Crippen LogP contribution in [0.3, 0.4) is 0 Å². The fourth-order valence-electron chi connectivity index (χ4n) is 4.59. The predicted octanol–water partition coefficient (Wildman–Crippen LogP) is 1.43. The fraction of sp³-hybridized carbons (Fsp3) is 0.526. The lowest BCUT2D eigenvalue weighted by Gasteiger charge is -2.45. The number of carboxylic acid groups (broad SMARTS) is 1. The molecule has 7 nitrogen and oxygen atoms in total. The molecule has 2 fully saturated rings. The number of likely N-dealkylation sites (tertiary alicyclic amines) is 2. The summed E-state index contributed by atoms with van der Waals surface area (Å²) in [6, 6.07) is 8.09. The summed E-state index contributed by atoms with van der Waals surface area (Å²) >= 11 is 0. The third-order valence-electron chi connectivity index (χ3n) is 6.27. The number of carbonyl (C=O) groups is 2. The molecular formula is C19H24N4O3. The molecule has 1 spiro atoms. The van der Waals surface area contributed by atoms with Crippen molar-refractivity contribution in [2.75, 3.05) is 26.7 Å². The third kappa shape index (κ3) is 2.67. The van der Waals surface area contributed by atoms with Crippen LogP contribution in [0.15, 0.2) is 30.6 Å². The van der Waals surface area contributed by atoms with Gasteiger partial charge in [-0.25, -0.2) is 4.98 Å². The van der Waals surface area contributed by atoms with Crippen LogP contribution >= 0.6 is 0 Å². The molecule has 0 aliphatic carbocycles. The van der Waals surface area contributed by atoms with Gasteiger partial charge in [0.1, 0.15) is 0 Å². The molecule has 1 N–H and O–H groups in total. The van der Waals surface area contributed by atoms with Gasteiger partial charge >= 0.3 is 5.97 Å². The average Bonchev–Trinajstić information content (AvgIpc) is 3.16. The van der Waals surface area contributed by atoms with Crippen LogP contribution in [0.2, 0.25) is 0 Å². The lowest BCUT2D eigenvalue weighted by atomic mass is 9.77. The molecule has 0 radical (unpaired) electrons. The maximum absolute atomic E-state index is 12.1. The van der Waals surface area contributed by atoms with Gasteiger partial charge in [0.15, 0.2) is 0 Å². The first-order chi connectivity index (χ1) is 12.5. The topological polar surface area (TPSA) is 78.7 Å². The molecule has 138 valence electrons. The molecule has 3 heterocycles. The summed E-state index contributed by atoms with van der Waals surface area (Å²) in [5, 5.41) is 9.56. The van der Waals surface area contributed by atoms with E-state index >= 15 is 0 Å². The number of carbonyl (C=O) groups excluding carboxylic acids is 1. The number of imidazole rings is 1. The maximum Gasteiger partial charge on any atom is 0.309 e. The zero-order valence-corrected chi connectivity index (χ0v) is 15.0. The molecule has 2 saturated heterocycles. The van der Waals surface area contributed by atoms with Crippen molar-refractivity contribution in [3.05, 3.63) is 30.6 Å². The van der Waals surface area contributed by atoms with E-state index < -0.39 is 17.4 Å². The SMILES string of the molecule is CN1C(=O)C[C@@H](C(=O)O)C12CCN(CCn1cnc3ccccc31)CC2. The largest absolute Gasteiger partial charge is 0.481 e. The minimum absolute atomic E-state index is 0.0456. The first-order valence-electron chi connectivity index (χ1n) is 9.13. The van der Waals surface area contributed by atoms with Gasteiger partial charge in [-0.3, -0.25) is 9.59 Å². The number of para-hydroxylation sites is 2. The van der Waals surface area contributed by atoms with Gasteiger partial charge in [0.2, 0.25) is 5.91 Å². The Morgan fingerprint density at radius 3 is 2.73 bits per heavy atom. The van der Waals surface area contributed by atoms with Gasteiger partial charge in [-0.2, -0.15) is 0 Å². The smallest absolute Gasteiger partial charge is 0.309 e. The molecule has 4 rings (SSSR count). The maximum atomic E-state index is 12.1. The summed E-state index contributed by atoms with van der Waals surface area (Å²) in [4.78, 5) is 32.2. The first kappa shape index (κ1) is 17.0. The van der Waals surface area contributed by atoms with Gasteiger partial charge in [-0.05, 0) is 25.0 Å². The number of hydrogen-bond acceptors (Lipinski definition) is 4. The minimum atomic E-state index is -0.846. The highest BCUT2D eigenvalue weighted by atomic mass is 16.4. The Bertz CT molecular complexity index is 838. The summed E-state index contributed by atoms with van der Waals surface area (Å²) in [5.74, 6) is -1.48. The van der Waals surface area contributed by atoms with Crippen molar-refractivity contribution in [2.45, 2.75) is 31.3 Å². The van der Waals surface area contributed by atoms with E-state index in [-0.39, 0.29) is 12.3 Å². The summed E-state index contributed by atoms with van der Waals surface area (Å²) in [7, 11) is 1.76. The number of amides is 1. The van der Waals surface area contributed by atoms with Crippen molar-refractivity contribution in [1.29, 1.82) is 0 Å². The van der Waals surface area contributed by atoms with Crippen LogP contribution in [-0.2, 0) is 16.1 Å². The number of hydrogen-bond donors (Lipinski definition) is 1. The Labute approximate surface area is 152 Å². The number of rotatable bonds is 4. The number of nitrogens with zero attached hydrogens (tertiary/aromatic N) is 4. The van der Waals surface area contributed by atoms with E-state index in [0.29, 0.717) is 0 Å². The zero-order valence-electron chi connectivity index (χ0n) is 15.0. The van der Waals surface area contributed by atoms with Gasteiger partial charge in [0.25, 0.3) is 0 Å². The van der Waals surface area contributed by atoms with Gasteiger partial charge in [0, 0.05) is 39.6 Å². The quantitative estimate of drug-likeness (QED) is 0.897. The van der Waals surface area contributed by atoms with Gasteiger partial charge in [-0.1, -0.05) is 12.1 Å². The van der Waals surface area contributed by atoms with Crippen molar-refractivity contribution in [3.63, 3.8) is 0 Å². The number of fused-ring (bicyclic) bond motifs is 1. The van der Waals surface area contributed by atoms with Crippen molar-refractivity contribution in [1.82, 2.24) is 19.4 Å². The molecule has 0 unspecified atom stereocenters. The zero-order chi connectivity index (χ0) is 18.3. The van der Waals surface area contributed by atoms with Crippen LogP contribution in [-0.4, -0.2) is 68.6 Å². The van der Waals surface area contributed by atoms with Crippen LogP contribution < -0.4 is 0 Å².